The second-order valence-corrected chi connectivity index (χ2v) is 11.0. The molecule has 2 bridgehead atoms. The summed E-state index contributed by atoms with van der Waals surface area (Å²) in [5, 5.41) is 3.98. The van der Waals surface area contributed by atoms with Crippen LogP contribution in [0.3, 0.4) is 0 Å². The fraction of sp³-hybridized carbons (Fsp3) is 0.682. The molecule has 1 saturated heterocycles. The highest BCUT2D eigenvalue weighted by atomic mass is 35.5. The van der Waals surface area contributed by atoms with E-state index in [2.05, 4.69) is 39.9 Å². The zero-order valence-electron chi connectivity index (χ0n) is 17.8. The monoisotopic (exact) mass is 437 g/mol. The maximum Gasteiger partial charge on any atom is 0.481 e. The lowest BCUT2D eigenvalue weighted by Gasteiger charge is -2.64. The van der Waals surface area contributed by atoms with Gasteiger partial charge in [0.05, 0.1) is 28.2 Å². The molecule has 4 fully saturated rings. The van der Waals surface area contributed by atoms with Crippen LogP contribution < -0.4 is 5.32 Å². The molecule has 1 unspecified atom stereocenters. The van der Waals surface area contributed by atoms with Gasteiger partial charge in [-0.15, -0.1) is 0 Å². The van der Waals surface area contributed by atoms with E-state index in [0.29, 0.717) is 33.4 Å². The Bertz CT molecular complexity index is 817. The average molecular weight is 438 g/mol. The molecule has 7 heteroatoms. The fourth-order valence-corrected chi connectivity index (χ4v) is 6.11. The number of carbonyl (C=O) groups excluding carboxylic acids is 1. The number of nitrogens with one attached hydrogen (secondary N) is 1. The number of benzene rings is 1. The van der Waals surface area contributed by atoms with Crippen molar-refractivity contribution in [3.05, 3.63) is 33.8 Å². The van der Waals surface area contributed by atoms with Crippen LogP contribution in [0.4, 0.5) is 0 Å². The molecule has 1 heterocycles. The summed E-state index contributed by atoms with van der Waals surface area (Å²) in [6.45, 7) is 11.2. The number of hydrogen-bond acceptors (Lipinski definition) is 3. The van der Waals surface area contributed by atoms with Crippen LogP contribution in [0.5, 0.6) is 0 Å². The molecule has 0 radical (unpaired) electrons. The molecule has 5 rings (SSSR count). The molecule has 0 aromatic heterocycles. The van der Waals surface area contributed by atoms with Gasteiger partial charge in [0, 0.05) is 5.02 Å². The van der Waals surface area contributed by atoms with E-state index in [1.165, 1.54) is 6.42 Å². The molecule has 1 N–H and O–H groups in total. The summed E-state index contributed by atoms with van der Waals surface area (Å²) in [6, 6.07) is 4.92. The van der Waals surface area contributed by atoms with Gasteiger partial charge >= 0.3 is 7.12 Å². The molecule has 158 valence electrons. The molecule has 3 aliphatic carbocycles. The first-order valence-corrected chi connectivity index (χ1v) is 11.4. The minimum absolute atomic E-state index is 0.0885. The summed E-state index contributed by atoms with van der Waals surface area (Å²) in [5.41, 5.74) is 0.364. The van der Waals surface area contributed by atoms with E-state index in [9.17, 15) is 4.79 Å². The normalized spacial score (nSPS) is 33.2. The molecule has 1 amide bonds. The van der Waals surface area contributed by atoms with Crippen LogP contribution in [0.1, 0.15) is 64.2 Å². The van der Waals surface area contributed by atoms with Gasteiger partial charge in [-0.3, -0.25) is 4.79 Å². The van der Waals surface area contributed by atoms with Crippen LogP contribution in [0.15, 0.2) is 18.2 Å². The molecule has 29 heavy (non-hydrogen) atoms. The van der Waals surface area contributed by atoms with E-state index in [0.717, 1.165) is 12.8 Å². The van der Waals surface area contributed by atoms with Crippen LogP contribution in [0.2, 0.25) is 10.0 Å². The minimum atomic E-state index is -0.454. The maximum absolute atomic E-state index is 13.0. The first-order valence-electron chi connectivity index (χ1n) is 10.6. The Labute approximate surface area is 184 Å². The average Bonchev–Trinajstić information content (AvgIpc) is 2.99. The van der Waals surface area contributed by atoms with E-state index in [1.807, 2.05) is 0 Å². The first kappa shape index (κ1) is 21.5. The Hall–Kier alpha value is -0.745. The van der Waals surface area contributed by atoms with E-state index in [-0.39, 0.29) is 29.0 Å². The van der Waals surface area contributed by atoms with E-state index < -0.39 is 7.12 Å². The van der Waals surface area contributed by atoms with Crippen molar-refractivity contribution in [2.75, 3.05) is 0 Å². The van der Waals surface area contributed by atoms with Gasteiger partial charge < -0.3 is 14.6 Å². The second kappa shape index (κ2) is 7.44. The fourth-order valence-electron chi connectivity index (χ4n) is 5.73. The number of hydrogen-bond donors (Lipinski definition) is 1. The Morgan fingerprint density at radius 1 is 1.28 bits per heavy atom. The molecular formula is C22H30BCl2NO3. The van der Waals surface area contributed by atoms with Crippen LogP contribution in [0, 0.1) is 23.2 Å². The van der Waals surface area contributed by atoms with Crippen LogP contribution in [0.25, 0.3) is 0 Å². The highest BCUT2D eigenvalue weighted by Crippen LogP contribution is 2.65. The highest BCUT2D eigenvalue weighted by Gasteiger charge is 2.68. The van der Waals surface area contributed by atoms with Crippen molar-refractivity contribution in [3.8, 4) is 0 Å². The summed E-state index contributed by atoms with van der Waals surface area (Å²) in [7, 11) is -0.454. The summed E-state index contributed by atoms with van der Waals surface area (Å²) in [4.78, 5) is 13.0. The van der Waals surface area contributed by atoms with Crippen molar-refractivity contribution >= 4 is 36.2 Å². The molecule has 1 aromatic carbocycles. The van der Waals surface area contributed by atoms with Crippen molar-refractivity contribution in [1.82, 2.24) is 5.32 Å². The predicted molar refractivity (Wildman–Crippen MR) is 117 cm³/mol. The lowest BCUT2D eigenvalue weighted by Crippen LogP contribution is -2.65. The first-order chi connectivity index (χ1) is 13.5. The number of amides is 1. The van der Waals surface area contributed by atoms with Gasteiger partial charge in [-0.25, -0.2) is 0 Å². The highest BCUT2D eigenvalue weighted by molar-refractivity contribution is 6.48. The topological polar surface area (TPSA) is 47.6 Å². The second-order valence-electron chi connectivity index (χ2n) is 10.2. The molecule has 0 spiro atoms. The minimum Gasteiger partial charge on any atom is -0.404 e. The zero-order valence-corrected chi connectivity index (χ0v) is 19.3. The molecule has 4 aliphatic rings. The van der Waals surface area contributed by atoms with Crippen LogP contribution in [-0.4, -0.2) is 30.7 Å². The Morgan fingerprint density at radius 3 is 2.66 bits per heavy atom. The van der Waals surface area contributed by atoms with Gasteiger partial charge in [-0.2, -0.15) is 0 Å². The molecule has 5 atom stereocenters. The molecule has 1 aliphatic heterocycles. The number of halogens is 2. The van der Waals surface area contributed by atoms with Crippen molar-refractivity contribution in [2.24, 2.45) is 23.2 Å². The standard InChI is InChI=1S/C22H30BCl2NO3/c1-12(2)8-19(26-20(27)15-11-14(24)6-7-16(15)25)23-28-18-10-13-9-17(21(13,3)4)22(18,5)29-23/h6-7,11-13,17-19H,8-10H2,1-5H3,(H,26,27)/t13-,17-,18?,19-,22-/m0/s1. The van der Waals surface area contributed by atoms with Crippen molar-refractivity contribution in [2.45, 2.75) is 71.5 Å². The lowest BCUT2D eigenvalue weighted by molar-refractivity contribution is -0.199. The number of carbonyl (C=O) groups is 1. The van der Waals surface area contributed by atoms with E-state index in [1.54, 1.807) is 18.2 Å². The van der Waals surface area contributed by atoms with E-state index in [4.69, 9.17) is 32.5 Å². The van der Waals surface area contributed by atoms with Gasteiger partial charge in [0.25, 0.3) is 5.91 Å². The van der Waals surface area contributed by atoms with E-state index >= 15 is 0 Å². The largest absolute Gasteiger partial charge is 0.481 e. The third-order valence-electron chi connectivity index (χ3n) is 7.51. The number of rotatable bonds is 5. The van der Waals surface area contributed by atoms with Gasteiger partial charge in [0.1, 0.15) is 0 Å². The van der Waals surface area contributed by atoms with Gasteiger partial charge in [0.2, 0.25) is 0 Å². The van der Waals surface area contributed by atoms with Gasteiger partial charge in [0.15, 0.2) is 0 Å². The predicted octanol–water partition coefficient (Wildman–Crippen LogP) is 5.41. The third-order valence-corrected chi connectivity index (χ3v) is 8.08. The molecule has 3 saturated carbocycles. The SMILES string of the molecule is CC(C)C[C@H](NC(=O)c1cc(Cl)ccc1Cl)B1OC2C[C@@H]3C[C@@H](C3(C)C)[C@]2(C)O1. The maximum atomic E-state index is 13.0. The third kappa shape index (κ3) is 3.62. The Balaban J connectivity index is 1.54. The van der Waals surface area contributed by atoms with Crippen molar-refractivity contribution in [3.63, 3.8) is 0 Å². The Kier molecular flexibility index (Phi) is 5.51. The van der Waals surface area contributed by atoms with Gasteiger partial charge in [-0.05, 0) is 67.6 Å². The summed E-state index contributed by atoms with van der Waals surface area (Å²) in [5.74, 6) is 1.06. The van der Waals surface area contributed by atoms with Crippen molar-refractivity contribution < 1.29 is 14.1 Å². The summed E-state index contributed by atoms with van der Waals surface area (Å²) in [6.07, 6.45) is 3.08. The quantitative estimate of drug-likeness (QED) is 0.626. The molecular weight excluding hydrogens is 408 g/mol. The molecule has 4 nitrogen and oxygen atoms in total. The summed E-state index contributed by atoms with van der Waals surface area (Å²) >= 11 is 12.3. The van der Waals surface area contributed by atoms with Crippen LogP contribution in [-0.2, 0) is 9.31 Å². The van der Waals surface area contributed by atoms with Gasteiger partial charge in [-0.1, -0.05) is 50.9 Å². The molecule has 1 aromatic rings. The smallest absolute Gasteiger partial charge is 0.404 e. The van der Waals surface area contributed by atoms with Crippen molar-refractivity contribution in [1.29, 1.82) is 0 Å². The lowest BCUT2D eigenvalue weighted by atomic mass is 9.43. The van der Waals surface area contributed by atoms with Crippen LogP contribution >= 0.6 is 23.2 Å². The summed E-state index contributed by atoms with van der Waals surface area (Å²) < 4.78 is 13.0. The zero-order chi connectivity index (χ0) is 21.1. The Morgan fingerprint density at radius 2 is 2.00 bits per heavy atom.